The highest BCUT2D eigenvalue weighted by molar-refractivity contribution is 6.99. The zero-order valence-electron chi connectivity index (χ0n) is 12.7. The third kappa shape index (κ3) is 4.72. The van der Waals surface area contributed by atoms with Gasteiger partial charge in [-0.25, -0.2) is 8.96 Å². The fraction of sp³-hybridized carbons (Fsp3) is 0.118. The van der Waals surface area contributed by atoms with Gasteiger partial charge in [-0.05, 0) is 24.3 Å². The van der Waals surface area contributed by atoms with Crippen LogP contribution in [0.4, 0.5) is 4.39 Å². The van der Waals surface area contributed by atoms with E-state index in [2.05, 4.69) is 20.6 Å². The summed E-state index contributed by atoms with van der Waals surface area (Å²) in [6, 6.07) is 10.0. The Morgan fingerprint density at radius 2 is 2.12 bits per heavy atom. The molecule has 0 aliphatic rings. The van der Waals surface area contributed by atoms with E-state index in [1.165, 1.54) is 12.1 Å². The lowest BCUT2D eigenvalue weighted by atomic mass is 10.2. The van der Waals surface area contributed by atoms with Gasteiger partial charge in [0.05, 0.1) is 17.3 Å². The Hall–Kier alpha value is -2.05. The summed E-state index contributed by atoms with van der Waals surface area (Å²) in [4.78, 5) is 0. The van der Waals surface area contributed by atoms with E-state index in [-0.39, 0.29) is 36.4 Å². The highest BCUT2D eigenvalue weighted by atomic mass is 127. The number of pyridine rings is 1. The normalized spacial score (nSPS) is 9.58. The number of hydrogen-bond acceptors (Lipinski definition) is 4. The van der Waals surface area contributed by atoms with E-state index in [0.717, 1.165) is 17.3 Å². The molecule has 2 heterocycles. The molecule has 7 heteroatoms. The summed E-state index contributed by atoms with van der Waals surface area (Å²) in [6.45, 7) is 0.161. The number of nitrogens with zero attached hydrogens (tertiary/aromatic N) is 3. The Kier molecular flexibility index (Phi) is 6.63. The minimum Gasteiger partial charge on any atom is -1.00 e. The quantitative estimate of drug-likeness (QED) is 0.308. The van der Waals surface area contributed by atoms with Gasteiger partial charge < -0.3 is 28.7 Å². The van der Waals surface area contributed by atoms with E-state index < -0.39 is 0 Å². The van der Waals surface area contributed by atoms with Crippen LogP contribution in [0.5, 0.6) is 5.88 Å². The van der Waals surface area contributed by atoms with Gasteiger partial charge in [0, 0.05) is 11.6 Å². The van der Waals surface area contributed by atoms with Crippen LogP contribution < -0.4 is 33.3 Å². The van der Waals surface area contributed by atoms with Crippen LogP contribution in [-0.4, -0.2) is 15.4 Å². The number of benzene rings is 1. The standard InChI is InChI=1S/C17H13FN3OS.HI/c1-21-9-3-7-14(12-21)16-17(20-23-19-16)22-10-4-6-13-5-2-8-15(18)11-13;/h2-3,5,7-9,11-12H,10H2,1H3;1H/q+1;/p-1. The highest BCUT2D eigenvalue weighted by Gasteiger charge is 2.13. The second kappa shape index (κ2) is 8.70. The number of hydrogen-bond donors (Lipinski definition) is 0. The molecule has 0 amide bonds. The van der Waals surface area contributed by atoms with Crippen LogP contribution in [0.25, 0.3) is 11.3 Å². The van der Waals surface area contributed by atoms with Crippen molar-refractivity contribution in [3.63, 3.8) is 0 Å². The molecule has 0 N–H and O–H groups in total. The zero-order valence-corrected chi connectivity index (χ0v) is 15.7. The first-order valence-electron chi connectivity index (χ1n) is 6.88. The number of aromatic nitrogens is 3. The molecule has 3 aromatic rings. The summed E-state index contributed by atoms with van der Waals surface area (Å²) in [5, 5.41) is 0. The molecule has 0 atom stereocenters. The predicted octanol–water partition coefficient (Wildman–Crippen LogP) is -0.397. The third-order valence-electron chi connectivity index (χ3n) is 3.01. The number of aryl methyl sites for hydroxylation is 1. The fourth-order valence-corrected chi connectivity index (χ4v) is 2.51. The predicted molar refractivity (Wildman–Crippen MR) is 85.3 cm³/mol. The molecule has 0 saturated carbocycles. The van der Waals surface area contributed by atoms with Crippen molar-refractivity contribution in [2.75, 3.05) is 6.61 Å². The fourth-order valence-electron chi connectivity index (χ4n) is 1.99. The molecule has 0 aliphatic heterocycles. The second-order valence-electron chi connectivity index (χ2n) is 4.78. The van der Waals surface area contributed by atoms with Crippen molar-refractivity contribution in [1.82, 2.24) is 8.75 Å². The van der Waals surface area contributed by atoms with Crippen molar-refractivity contribution >= 4 is 11.7 Å². The van der Waals surface area contributed by atoms with Gasteiger partial charge in [-0.3, -0.25) is 0 Å². The van der Waals surface area contributed by atoms with E-state index in [1.807, 2.05) is 36.1 Å². The average molecular weight is 453 g/mol. The SMILES string of the molecule is C[n+]1cccc(-c2nsnc2OCC#Cc2cccc(F)c2)c1.[I-]. The van der Waals surface area contributed by atoms with Crippen LogP contribution in [0.2, 0.25) is 0 Å². The molecule has 0 aliphatic carbocycles. The number of rotatable bonds is 3. The van der Waals surface area contributed by atoms with Crippen LogP contribution >= 0.6 is 11.7 Å². The van der Waals surface area contributed by atoms with Crippen LogP contribution in [0.1, 0.15) is 5.56 Å². The summed E-state index contributed by atoms with van der Waals surface area (Å²) < 4.78 is 29.0. The first kappa shape index (κ1) is 18.3. The Morgan fingerprint density at radius 1 is 1.25 bits per heavy atom. The van der Waals surface area contributed by atoms with Crippen LogP contribution in [-0.2, 0) is 7.05 Å². The van der Waals surface area contributed by atoms with E-state index >= 15 is 0 Å². The molecule has 0 spiro atoms. The largest absolute Gasteiger partial charge is 1.00 e. The average Bonchev–Trinajstić information content (AvgIpc) is 3.00. The Morgan fingerprint density at radius 3 is 2.92 bits per heavy atom. The van der Waals surface area contributed by atoms with E-state index in [1.54, 1.807) is 12.1 Å². The van der Waals surface area contributed by atoms with Gasteiger partial charge in [0.2, 0.25) is 0 Å². The van der Waals surface area contributed by atoms with Gasteiger partial charge in [0.15, 0.2) is 24.7 Å². The Labute approximate surface area is 160 Å². The van der Waals surface area contributed by atoms with Gasteiger partial charge in [-0.2, -0.15) is 4.37 Å². The van der Waals surface area contributed by atoms with Crippen LogP contribution in [0, 0.1) is 17.7 Å². The minimum absolute atomic E-state index is 0. The number of ether oxygens (including phenoxy) is 1. The van der Waals surface area contributed by atoms with E-state index in [9.17, 15) is 4.39 Å². The third-order valence-corrected chi connectivity index (χ3v) is 3.52. The molecular formula is C17H13FIN3OS. The second-order valence-corrected chi connectivity index (χ2v) is 5.31. The molecule has 0 fully saturated rings. The molecule has 4 nitrogen and oxygen atoms in total. The Balaban J connectivity index is 0.00000208. The molecule has 122 valence electrons. The van der Waals surface area contributed by atoms with Crippen LogP contribution in [0.3, 0.4) is 0 Å². The summed E-state index contributed by atoms with van der Waals surface area (Å²) in [6.07, 6.45) is 3.89. The molecule has 0 saturated heterocycles. The molecule has 1 aromatic carbocycles. The van der Waals surface area contributed by atoms with Gasteiger partial charge in [0.25, 0.3) is 5.88 Å². The lowest BCUT2D eigenvalue weighted by molar-refractivity contribution is -0.671. The molecule has 3 rings (SSSR count). The topological polar surface area (TPSA) is 38.9 Å². The smallest absolute Gasteiger partial charge is 0.255 e. The summed E-state index contributed by atoms with van der Waals surface area (Å²) in [7, 11) is 1.94. The van der Waals surface area contributed by atoms with Crippen molar-refractivity contribution in [2.24, 2.45) is 7.05 Å². The summed E-state index contributed by atoms with van der Waals surface area (Å²) >= 11 is 1.09. The molecule has 0 bridgehead atoms. The summed E-state index contributed by atoms with van der Waals surface area (Å²) in [5.74, 6) is 5.85. The van der Waals surface area contributed by atoms with E-state index in [4.69, 9.17) is 4.74 Å². The minimum atomic E-state index is -0.305. The van der Waals surface area contributed by atoms with Crippen molar-refractivity contribution in [1.29, 1.82) is 0 Å². The van der Waals surface area contributed by atoms with Gasteiger partial charge in [-0.15, -0.1) is 4.37 Å². The first-order valence-corrected chi connectivity index (χ1v) is 7.61. The molecule has 0 radical (unpaired) electrons. The lowest BCUT2D eigenvalue weighted by Gasteiger charge is -2.00. The van der Waals surface area contributed by atoms with Crippen molar-refractivity contribution in [2.45, 2.75) is 0 Å². The molecule has 0 unspecified atom stereocenters. The summed E-state index contributed by atoms with van der Waals surface area (Å²) in [5.41, 5.74) is 2.23. The van der Waals surface area contributed by atoms with E-state index in [0.29, 0.717) is 17.1 Å². The van der Waals surface area contributed by atoms with Gasteiger partial charge in [0.1, 0.15) is 12.9 Å². The molecule has 24 heavy (non-hydrogen) atoms. The van der Waals surface area contributed by atoms with Gasteiger partial charge >= 0.3 is 0 Å². The van der Waals surface area contributed by atoms with Crippen molar-refractivity contribution in [3.05, 3.63) is 60.2 Å². The maximum absolute atomic E-state index is 13.1. The maximum Gasteiger partial charge on any atom is 0.255 e. The van der Waals surface area contributed by atoms with Crippen molar-refractivity contribution in [3.8, 4) is 29.0 Å². The monoisotopic (exact) mass is 453 g/mol. The lowest BCUT2D eigenvalue weighted by Crippen LogP contribution is -3.00. The maximum atomic E-state index is 13.1. The van der Waals surface area contributed by atoms with Gasteiger partial charge in [-0.1, -0.05) is 17.9 Å². The highest BCUT2D eigenvalue weighted by Crippen LogP contribution is 2.26. The van der Waals surface area contributed by atoms with Crippen LogP contribution in [0.15, 0.2) is 48.8 Å². The zero-order chi connectivity index (χ0) is 16.1. The molecule has 2 aromatic heterocycles. The van der Waals surface area contributed by atoms with Crippen molar-refractivity contribution < 1.29 is 37.7 Å². The number of halogens is 2. The molecular weight excluding hydrogens is 440 g/mol. The first-order chi connectivity index (χ1) is 11.2. The Bertz CT molecular complexity index is 889.